The van der Waals surface area contributed by atoms with Crippen molar-refractivity contribution in [3.63, 3.8) is 0 Å². The fourth-order valence-corrected chi connectivity index (χ4v) is 1.25. The van der Waals surface area contributed by atoms with E-state index < -0.39 is 0 Å². The Labute approximate surface area is 104 Å². The molecule has 1 heterocycles. The normalized spacial score (nSPS) is 9.60. The van der Waals surface area contributed by atoms with E-state index in [0.29, 0.717) is 11.0 Å². The molecule has 1 aromatic heterocycles. The van der Waals surface area contributed by atoms with Crippen molar-refractivity contribution >= 4 is 34.3 Å². The van der Waals surface area contributed by atoms with E-state index in [1.54, 1.807) is 12.1 Å². The lowest BCUT2D eigenvalue weighted by molar-refractivity contribution is 0.0370. The number of pyridine rings is 1. The molecule has 1 aromatic rings. The van der Waals surface area contributed by atoms with Crippen LogP contribution in [0.3, 0.4) is 0 Å². The van der Waals surface area contributed by atoms with E-state index in [1.165, 1.54) is 0 Å². The predicted molar refractivity (Wildman–Crippen MR) is 64.7 cm³/mol. The quantitative estimate of drug-likeness (QED) is 0.635. The maximum atomic E-state index is 11.4. The molecule has 0 saturated heterocycles. The van der Waals surface area contributed by atoms with Gasteiger partial charge in [0, 0.05) is 5.33 Å². The Balaban J connectivity index is 0.00000196. The van der Waals surface area contributed by atoms with Crippen LogP contribution in [-0.2, 0) is 10.1 Å². The number of hydrogen-bond donors (Lipinski definition) is 0. The zero-order valence-electron chi connectivity index (χ0n) is 8.57. The van der Waals surface area contributed by atoms with Gasteiger partial charge in [-0.25, -0.2) is 9.78 Å². The standard InChI is InChI=1S/C10H12BrNO2.ClH/c1-7(2)14-10(13)9-5-3-4-8(6-11)12-9;/h3-5,7H,6H2,1-2H3;1H. The molecule has 0 unspecified atom stereocenters. The van der Waals surface area contributed by atoms with Crippen LogP contribution in [0.2, 0.25) is 0 Å². The fourth-order valence-electron chi connectivity index (χ4n) is 0.942. The topological polar surface area (TPSA) is 39.2 Å². The smallest absolute Gasteiger partial charge is 0.357 e. The van der Waals surface area contributed by atoms with Gasteiger partial charge >= 0.3 is 5.97 Å². The third-order valence-electron chi connectivity index (χ3n) is 1.50. The molecule has 0 aliphatic carbocycles. The molecule has 15 heavy (non-hydrogen) atoms. The van der Waals surface area contributed by atoms with Crippen LogP contribution < -0.4 is 0 Å². The molecule has 0 saturated carbocycles. The molecule has 3 nitrogen and oxygen atoms in total. The summed E-state index contributed by atoms with van der Waals surface area (Å²) in [5.74, 6) is -0.372. The van der Waals surface area contributed by atoms with E-state index in [2.05, 4.69) is 20.9 Å². The highest BCUT2D eigenvalue weighted by Gasteiger charge is 2.10. The number of esters is 1. The highest BCUT2D eigenvalue weighted by molar-refractivity contribution is 9.08. The monoisotopic (exact) mass is 293 g/mol. The Bertz CT molecular complexity index is 331. The highest BCUT2D eigenvalue weighted by Crippen LogP contribution is 2.06. The summed E-state index contributed by atoms with van der Waals surface area (Å²) in [6, 6.07) is 5.29. The minimum Gasteiger partial charge on any atom is -0.458 e. The van der Waals surface area contributed by atoms with Crippen LogP contribution in [0, 0.1) is 0 Å². The number of ether oxygens (including phenoxy) is 1. The van der Waals surface area contributed by atoms with E-state index in [1.807, 2.05) is 19.9 Å². The third kappa shape index (κ3) is 4.62. The summed E-state index contributed by atoms with van der Waals surface area (Å²) in [5.41, 5.74) is 1.18. The molecule has 0 aromatic carbocycles. The van der Waals surface area contributed by atoms with Crippen molar-refractivity contribution in [2.45, 2.75) is 25.3 Å². The van der Waals surface area contributed by atoms with Crippen molar-refractivity contribution in [1.29, 1.82) is 0 Å². The number of hydrogen-bond acceptors (Lipinski definition) is 3. The molecule has 0 atom stereocenters. The van der Waals surface area contributed by atoms with E-state index in [0.717, 1.165) is 5.69 Å². The van der Waals surface area contributed by atoms with Crippen molar-refractivity contribution in [1.82, 2.24) is 4.98 Å². The lowest BCUT2D eigenvalue weighted by atomic mass is 10.3. The summed E-state index contributed by atoms with van der Waals surface area (Å²) < 4.78 is 5.02. The largest absolute Gasteiger partial charge is 0.458 e. The highest BCUT2D eigenvalue weighted by atomic mass is 79.9. The Morgan fingerprint density at radius 1 is 1.53 bits per heavy atom. The summed E-state index contributed by atoms with van der Waals surface area (Å²) in [6.45, 7) is 3.62. The maximum Gasteiger partial charge on any atom is 0.357 e. The zero-order chi connectivity index (χ0) is 10.6. The van der Waals surface area contributed by atoms with Crippen LogP contribution in [0.5, 0.6) is 0 Å². The summed E-state index contributed by atoms with van der Waals surface area (Å²) in [5, 5.41) is 0.635. The second-order valence-corrected chi connectivity index (χ2v) is 3.66. The van der Waals surface area contributed by atoms with Crippen LogP contribution in [0.15, 0.2) is 18.2 Å². The summed E-state index contributed by atoms with van der Waals surface area (Å²) in [4.78, 5) is 15.5. The van der Waals surface area contributed by atoms with Gasteiger partial charge in [0.05, 0.1) is 11.8 Å². The Morgan fingerprint density at radius 3 is 2.73 bits per heavy atom. The number of halogens is 2. The van der Waals surface area contributed by atoms with E-state index in [-0.39, 0.29) is 24.5 Å². The average Bonchev–Trinajstić information content (AvgIpc) is 2.17. The van der Waals surface area contributed by atoms with Gasteiger partial charge in [-0.05, 0) is 26.0 Å². The number of rotatable bonds is 3. The van der Waals surface area contributed by atoms with Gasteiger partial charge in [0.1, 0.15) is 5.69 Å². The summed E-state index contributed by atoms with van der Waals surface area (Å²) in [6.07, 6.45) is -0.114. The van der Waals surface area contributed by atoms with E-state index >= 15 is 0 Å². The second kappa shape index (κ2) is 6.80. The van der Waals surface area contributed by atoms with Crippen molar-refractivity contribution in [3.8, 4) is 0 Å². The predicted octanol–water partition coefficient (Wildman–Crippen LogP) is 2.96. The SMILES string of the molecule is CC(C)OC(=O)c1cccc(CBr)n1.Cl. The third-order valence-corrected chi connectivity index (χ3v) is 2.07. The Morgan fingerprint density at radius 2 is 2.20 bits per heavy atom. The van der Waals surface area contributed by atoms with Gasteiger partial charge in [0.2, 0.25) is 0 Å². The van der Waals surface area contributed by atoms with Gasteiger partial charge in [-0.1, -0.05) is 22.0 Å². The van der Waals surface area contributed by atoms with Crippen LogP contribution in [0.4, 0.5) is 0 Å². The number of nitrogens with zero attached hydrogens (tertiary/aromatic N) is 1. The molecule has 0 radical (unpaired) electrons. The van der Waals surface area contributed by atoms with Gasteiger partial charge in [0.15, 0.2) is 0 Å². The van der Waals surface area contributed by atoms with Gasteiger partial charge in [0.25, 0.3) is 0 Å². The van der Waals surface area contributed by atoms with Gasteiger partial charge in [-0.3, -0.25) is 0 Å². The van der Waals surface area contributed by atoms with E-state index in [4.69, 9.17) is 4.74 Å². The molecule has 84 valence electrons. The van der Waals surface area contributed by atoms with E-state index in [9.17, 15) is 4.79 Å². The first kappa shape index (κ1) is 14.4. The lowest BCUT2D eigenvalue weighted by Crippen LogP contribution is -2.13. The molecule has 0 aliphatic heterocycles. The van der Waals surface area contributed by atoms with Crippen molar-refractivity contribution in [2.24, 2.45) is 0 Å². The Hall–Kier alpha value is -0.610. The minimum atomic E-state index is -0.372. The van der Waals surface area contributed by atoms with Gasteiger partial charge < -0.3 is 4.74 Å². The van der Waals surface area contributed by atoms with Crippen LogP contribution in [0.25, 0.3) is 0 Å². The lowest BCUT2D eigenvalue weighted by Gasteiger charge is -2.07. The number of carbonyl (C=O) groups is 1. The van der Waals surface area contributed by atoms with Gasteiger partial charge in [-0.2, -0.15) is 0 Å². The minimum absolute atomic E-state index is 0. The first-order valence-corrected chi connectivity index (χ1v) is 5.48. The molecule has 0 N–H and O–H groups in total. The first-order chi connectivity index (χ1) is 6.63. The molecular weight excluding hydrogens is 281 g/mol. The second-order valence-electron chi connectivity index (χ2n) is 3.10. The van der Waals surface area contributed by atoms with Crippen LogP contribution in [0.1, 0.15) is 30.0 Å². The molecule has 0 amide bonds. The molecule has 0 aliphatic rings. The maximum absolute atomic E-state index is 11.4. The first-order valence-electron chi connectivity index (χ1n) is 4.36. The molecule has 1 rings (SSSR count). The Kier molecular flexibility index (Phi) is 6.52. The molecule has 0 spiro atoms. The van der Waals surface area contributed by atoms with Crippen molar-refractivity contribution in [2.75, 3.05) is 0 Å². The summed E-state index contributed by atoms with van der Waals surface area (Å²) in [7, 11) is 0. The number of carbonyl (C=O) groups excluding carboxylic acids is 1. The average molecular weight is 295 g/mol. The summed E-state index contributed by atoms with van der Waals surface area (Å²) >= 11 is 3.28. The van der Waals surface area contributed by atoms with Crippen LogP contribution in [-0.4, -0.2) is 17.1 Å². The zero-order valence-corrected chi connectivity index (χ0v) is 11.0. The molecular formula is C10H13BrClNO2. The molecule has 5 heteroatoms. The number of aromatic nitrogens is 1. The van der Waals surface area contributed by atoms with Crippen molar-refractivity contribution in [3.05, 3.63) is 29.6 Å². The molecule has 0 fully saturated rings. The number of alkyl halides is 1. The molecule has 0 bridgehead atoms. The van der Waals surface area contributed by atoms with Gasteiger partial charge in [-0.15, -0.1) is 12.4 Å². The fraction of sp³-hybridized carbons (Fsp3) is 0.400. The van der Waals surface area contributed by atoms with Crippen molar-refractivity contribution < 1.29 is 9.53 Å². The van der Waals surface area contributed by atoms with Crippen LogP contribution >= 0.6 is 28.3 Å².